The zero-order valence-electron chi connectivity index (χ0n) is 4.31. The Hall–Kier alpha value is -0.720. The Labute approximate surface area is 43.0 Å². The molecule has 1 aliphatic carbocycles. The molecule has 0 heterocycles. The van der Waals surface area contributed by atoms with E-state index in [9.17, 15) is 0 Å². The second kappa shape index (κ2) is 1.41. The van der Waals surface area contributed by atoms with Gasteiger partial charge in [0.2, 0.25) is 0 Å². The summed E-state index contributed by atoms with van der Waals surface area (Å²) in [6.45, 7) is 1.98. The fraction of sp³-hybridized carbons (Fsp3) is 0.333. The van der Waals surface area contributed by atoms with E-state index in [0.29, 0.717) is 5.76 Å². The van der Waals surface area contributed by atoms with E-state index in [1.165, 1.54) is 0 Å². The average molecular weight is 96.1 g/mol. The molecule has 0 radical (unpaired) electrons. The van der Waals surface area contributed by atoms with E-state index in [0.717, 1.165) is 12.0 Å². The summed E-state index contributed by atoms with van der Waals surface area (Å²) >= 11 is 0. The molecule has 38 valence electrons. The fourth-order valence-electron chi connectivity index (χ4n) is 0.646. The van der Waals surface area contributed by atoms with Crippen molar-refractivity contribution in [3.63, 3.8) is 0 Å². The molecule has 0 spiro atoms. The molecule has 0 saturated carbocycles. The van der Waals surface area contributed by atoms with Crippen molar-refractivity contribution >= 4 is 0 Å². The topological polar surface area (TPSA) is 20.2 Å². The van der Waals surface area contributed by atoms with Gasteiger partial charge >= 0.3 is 0 Å². The first kappa shape index (κ1) is 4.44. The summed E-state index contributed by atoms with van der Waals surface area (Å²) in [5.74, 6) is 0.484. The van der Waals surface area contributed by atoms with E-state index >= 15 is 0 Å². The molecule has 0 atom stereocenters. The molecule has 0 bridgehead atoms. The number of allylic oxidation sites excluding steroid dienone is 3. The summed E-state index contributed by atoms with van der Waals surface area (Å²) in [6.07, 6.45) is 4.50. The van der Waals surface area contributed by atoms with Gasteiger partial charge in [0.05, 0.1) is 5.76 Å². The average Bonchev–Trinajstić information content (AvgIpc) is 1.87. The normalized spacial score (nSPS) is 19.0. The molecule has 0 unspecified atom stereocenters. The summed E-state index contributed by atoms with van der Waals surface area (Å²) in [4.78, 5) is 0. The maximum atomic E-state index is 8.71. The number of hydrogen-bond acceptors (Lipinski definition) is 1. The van der Waals surface area contributed by atoms with Crippen LogP contribution < -0.4 is 0 Å². The molecule has 0 aromatic rings. The van der Waals surface area contributed by atoms with Gasteiger partial charge in [0.25, 0.3) is 0 Å². The van der Waals surface area contributed by atoms with E-state index in [1.807, 2.05) is 13.0 Å². The third-order valence-electron chi connectivity index (χ3n) is 1.03. The van der Waals surface area contributed by atoms with Crippen LogP contribution >= 0.6 is 0 Å². The maximum Gasteiger partial charge on any atom is 0.0962 e. The van der Waals surface area contributed by atoms with Gasteiger partial charge < -0.3 is 5.11 Å². The molecule has 0 aromatic heterocycles. The Morgan fingerprint density at radius 1 is 1.71 bits per heavy atom. The van der Waals surface area contributed by atoms with E-state index < -0.39 is 0 Å². The second-order valence-electron chi connectivity index (χ2n) is 1.79. The van der Waals surface area contributed by atoms with E-state index in [2.05, 4.69) is 0 Å². The van der Waals surface area contributed by atoms with Crippen molar-refractivity contribution in [3.8, 4) is 0 Å². The largest absolute Gasteiger partial charge is 0.512 e. The molecule has 0 fully saturated rings. The van der Waals surface area contributed by atoms with Crippen LogP contribution in [-0.4, -0.2) is 5.11 Å². The first-order chi connectivity index (χ1) is 3.29. The SMILES string of the molecule is CC1=CCC(O)=C1. The van der Waals surface area contributed by atoms with Crippen LogP contribution in [0.25, 0.3) is 0 Å². The van der Waals surface area contributed by atoms with Crippen LogP contribution in [0.5, 0.6) is 0 Å². The summed E-state index contributed by atoms with van der Waals surface area (Å²) < 4.78 is 0. The van der Waals surface area contributed by atoms with Gasteiger partial charge in [0.1, 0.15) is 0 Å². The van der Waals surface area contributed by atoms with Crippen molar-refractivity contribution in [3.05, 3.63) is 23.5 Å². The van der Waals surface area contributed by atoms with Gasteiger partial charge in [0.15, 0.2) is 0 Å². The van der Waals surface area contributed by atoms with Crippen LogP contribution in [0.1, 0.15) is 13.3 Å². The second-order valence-corrected chi connectivity index (χ2v) is 1.79. The van der Waals surface area contributed by atoms with E-state index in [-0.39, 0.29) is 0 Å². The Bertz CT molecular complexity index is 131. The fourth-order valence-corrected chi connectivity index (χ4v) is 0.646. The minimum Gasteiger partial charge on any atom is -0.512 e. The highest BCUT2D eigenvalue weighted by molar-refractivity contribution is 5.26. The molecule has 0 aliphatic heterocycles. The molecule has 0 saturated heterocycles. The predicted molar refractivity (Wildman–Crippen MR) is 29.1 cm³/mol. The Balaban J connectivity index is 2.69. The number of rotatable bonds is 0. The van der Waals surface area contributed by atoms with Gasteiger partial charge in [-0.15, -0.1) is 0 Å². The lowest BCUT2D eigenvalue weighted by molar-refractivity contribution is 0.404. The van der Waals surface area contributed by atoms with Crippen LogP contribution in [0.2, 0.25) is 0 Å². The monoisotopic (exact) mass is 96.1 g/mol. The molecule has 1 nitrogen and oxygen atoms in total. The third-order valence-corrected chi connectivity index (χ3v) is 1.03. The molecule has 0 amide bonds. The van der Waals surface area contributed by atoms with Crippen molar-refractivity contribution in [2.45, 2.75) is 13.3 Å². The molecule has 0 aromatic carbocycles. The minimum absolute atomic E-state index is 0.484. The lowest BCUT2D eigenvalue weighted by Gasteiger charge is -1.79. The predicted octanol–water partition coefficient (Wildman–Crippen LogP) is 1.78. The van der Waals surface area contributed by atoms with Crippen molar-refractivity contribution in [2.75, 3.05) is 0 Å². The molecular formula is C6H8O. The van der Waals surface area contributed by atoms with Crippen LogP contribution in [0.3, 0.4) is 0 Å². The van der Waals surface area contributed by atoms with Crippen LogP contribution in [0, 0.1) is 0 Å². The molecule has 1 rings (SSSR count). The first-order valence-corrected chi connectivity index (χ1v) is 2.35. The lowest BCUT2D eigenvalue weighted by atomic mass is 10.3. The highest BCUT2D eigenvalue weighted by Crippen LogP contribution is 2.12. The molecular weight excluding hydrogens is 88.1 g/mol. The number of hydrogen-bond donors (Lipinski definition) is 1. The molecule has 1 aliphatic rings. The van der Waals surface area contributed by atoms with Crippen LogP contribution in [0.4, 0.5) is 0 Å². The van der Waals surface area contributed by atoms with Gasteiger partial charge in [-0.3, -0.25) is 0 Å². The highest BCUT2D eigenvalue weighted by atomic mass is 16.3. The standard InChI is InChI=1S/C6H8O/c1-5-2-3-6(7)4-5/h2,4,7H,3H2,1H3. The smallest absolute Gasteiger partial charge is 0.0962 e. The third kappa shape index (κ3) is 0.829. The van der Waals surface area contributed by atoms with Crippen molar-refractivity contribution < 1.29 is 5.11 Å². The Morgan fingerprint density at radius 3 is 2.57 bits per heavy atom. The van der Waals surface area contributed by atoms with E-state index in [4.69, 9.17) is 5.11 Å². The Kier molecular flexibility index (Phi) is 0.895. The van der Waals surface area contributed by atoms with Crippen molar-refractivity contribution in [1.29, 1.82) is 0 Å². The lowest BCUT2D eigenvalue weighted by Crippen LogP contribution is -1.66. The molecule has 1 N–H and O–H groups in total. The Morgan fingerprint density at radius 2 is 2.43 bits per heavy atom. The maximum absolute atomic E-state index is 8.71. The highest BCUT2D eigenvalue weighted by Gasteiger charge is 1.97. The van der Waals surface area contributed by atoms with Gasteiger partial charge in [-0.2, -0.15) is 0 Å². The number of aliphatic hydroxyl groups is 1. The van der Waals surface area contributed by atoms with Crippen LogP contribution in [0.15, 0.2) is 23.5 Å². The summed E-state index contributed by atoms with van der Waals surface area (Å²) in [5.41, 5.74) is 1.16. The molecule has 7 heavy (non-hydrogen) atoms. The zero-order valence-corrected chi connectivity index (χ0v) is 4.31. The first-order valence-electron chi connectivity index (χ1n) is 2.35. The van der Waals surface area contributed by atoms with Gasteiger partial charge in [-0.05, 0) is 13.0 Å². The summed E-state index contributed by atoms with van der Waals surface area (Å²) in [7, 11) is 0. The zero-order chi connectivity index (χ0) is 5.28. The summed E-state index contributed by atoms with van der Waals surface area (Å²) in [6, 6.07) is 0. The summed E-state index contributed by atoms with van der Waals surface area (Å²) in [5, 5.41) is 8.71. The quantitative estimate of drug-likeness (QED) is 0.487. The van der Waals surface area contributed by atoms with E-state index in [1.54, 1.807) is 6.08 Å². The number of aliphatic hydroxyl groups excluding tert-OH is 1. The van der Waals surface area contributed by atoms with Gasteiger partial charge in [-0.1, -0.05) is 11.6 Å². The minimum atomic E-state index is 0.484. The van der Waals surface area contributed by atoms with Crippen molar-refractivity contribution in [1.82, 2.24) is 0 Å². The molecule has 1 heteroatoms. The van der Waals surface area contributed by atoms with Gasteiger partial charge in [-0.25, -0.2) is 0 Å². The van der Waals surface area contributed by atoms with Gasteiger partial charge in [0, 0.05) is 6.42 Å². The van der Waals surface area contributed by atoms with Crippen molar-refractivity contribution in [2.24, 2.45) is 0 Å². The van der Waals surface area contributed by atoms with Crippen LogP contribution in [-0.2, 0) is 0 Å².